The molecule has 0 bridgehead atoms. The Kier molecular flexibility index (Phi) is 5.31. The summed E-state index contributed by atoms with van der Waals surface area (Å²) in [6.07, 6.45) is -1.02. The van der Waals surface area contributed by atoms with Gasteiger partial charge in [0, 0.05) is 11.6 Å². The zero-order chi connectivity index (χ0) is 17.9. The number of halogens is 1. The molecule has 0 aliphatic carbocycles. The number of nitro groups is 1. The van der Waals surface area contributed by atoms with Crippen LogP contribution in [0.3, 0.4) is 0 Å². The van der Waals surface area contributed by atoms with Crippen molar-refractivity contribution in [2.45, 2.75) is 20.0 Å². The van der Waals surface area contributed by atoms with Crippen LogP contribution in [0.1, 0.15) is 33.2 Å². The highest BCUT2D eigenvalue weighted by Gasteiger charge is 2.22. The molecule has 1 unspecified atom stereocenters. The molecule has 0 aromatic heterocycles. The molecule has 0 saturated heterocycles. The molecule has 6 nitrogen and oxygen atoms in total. The standard InChI is InChI=1S/C17H14ClNO5/c1-10-3-5-12(6-4-10)16(20)11(2)24-17(21)13-7-8-14(18)15(9-13)19(22)23/h3-9,11H,1-2H3. The minimum absolute atomic E-state index is 0.0466. The summed E-state index contributed by atoms with van der Waals surface area (Å²) in [6, 6.07) is 10.4. The van der Waals surface area contributed by atoms with E-state index in [1.165, 1.54) is 19.1 Å². The molecule has 0 fully saturated rings. The molecule has 0 amide bonds. The average Bonchev–Trinajstić information content (AvgIpc) is 2.54. The maximum absolute atomic E-state index is 12.2. The number of benzene rings is 2. The number of ether oxygens (including phenoxy) is 1. The minimum Gasteiger partial charge on any atom is -0.451 e. The molecule has 2 aromatic rings. The van der Waals surface area contributed by atoms with Gasteiger partial charge in [0.2, 0.25) is 5.78 Å². The molecule has 0 spiro atoms. The van der Waals surface area contributed by atoms with Crippen molar-refractivity contribution < 1.29 is 19.2 Å². The van der Waals surface area contributed by atoms with Crippen LogP contribution >= 0.6 is 11.6 Å². The summed E-state index contributed by atoms with van der Waals surface area (Å²) in [7, 11) is 0. The molecule has 0 heterocycles. The molecule has 7 heteroatoms. The van der Waals surface area contributed by atoms with E-state index in [2.05, 4.69) is 0 Å². The summed E-state index contributed by atoms with van der Waals surface area (Å²) in [6.45, 7) is 3.34. The Morgan fingerprint density at radius 2 is 1.71 bits per heavy atom. The second-order valence-corrected chi connectivity index (χ2v) is 5.61. The van der Waals surface area contributed by atoms with Crippen molar-refractivity contribution in [3.05, 3.63) is 74.3 Å². The van der Waals surface area contributed by atoms with Gasteiger partial charge in [0.1, 0.15) is 5.02 Å². The van der Waals surface area contributed by atoms with Crippen LogP contribution < -0.4 is 0 Å². The lowest BCUT2D eigenvalue weighted by Crippen LogP contribution is -2.24. The highest BCUT2D eigenvalue weighted by Crippen LogP contribution is 2.25. The van der Waals surface area contributed by atoms with Gasteiger partial charge in [0.05, 0.1) is 10.5 Å². The molecule has 0 aliphatic rings. The molecule has 0 N–H and O–H groups in total. The van der Waals surface area contributed by atoms with Gasteiger partial charge in [-0.05, 0) is 26.0 Å². The zero-order valence-electron chi connectivity index (χ0n) is 13.0. The second-order valence-electron chi connectivity index (χ2n) is 5.20. The number of rotatable bonds is 5. The number of aryl methyl sites for hydroxylation is 1. The Labute approximate surface area is 143 Å². The van der Waals surface area contributed by atoms with E-state index >= 15 is 0 Å². The highest BCUT2D eigenvalue weighted by atomic mass is 35.5. The largest absolute Gasteiger partial charge is 0.451 e. The lowest BCUT2D eigenvalue weighted by molar-refractivity contribution is -0.384. The van der Waals surface area contributed by atoms with Gasteiger partial charge < -0.3 is 4.74 Å². The number of carbonyl (C=O) groups excluding carboxylic acids is 2. The normalized spacial score (nSPS) is 11.6. The fourth-order valence-electron chi connectivity index (χ4n) is 2.01. The van der Waals surface area contributed by atoms with Crippen LogP contribution in [-0.4, -0.2) is 22.8 Å². The Hall–Kier alpha value is -2.73. The molecule has 2 rings (SSSR count). The fourth-order valence-corrected chi connectivity index (χ4v) is 2.20. The van der Waals surface area contributed by atoms with E-state index in [1.54, 1.807) is 24.3 Å². The van der Waals surface area contributed by atoms with Gasteiger partial charge in [-0.15, -0.1) is 0 Å². The van der Waals surface area contributed by atoms with Crippen LogP contribution in [0.25, 0.3) is 0 Å². The number of nitro benzene ring substituents is 1. The van der Waals surface area contributed by atoms with E-state index in [1.807, 2.05) is 6.92 Å². The summed E-state index contributed by atoms with van der Waals surface area (Å²) in [5.41, 5.74) is 0.978. The van der Waals surface area contributed by atoms with Gasteiger partial charge in [-0.1, -0.05) is 41.4 Å². The first-order valence-corrected chi connectivity index (χ1v) is 7.43. The second kappa shape index (κ2) is 7.23. The van der Waals surface area contributed by atoms with Gasteiger partial charge in [-0.3, -0.25) is 14.9 Å². The third-order valence-corrected chi connectivity index (χ3v) is 3.69. The number of ketones is 1. The van der Waals surface area contributed by atoms with E-state index in [-0.39, 0.29) is 16.4 Å². The number of Topliss-reactive ketones (excluding diaryl/α,β-unsaturated/α-hetero) is 1. The molecule has 0 saturated carbocycles. The van der Waals surface area contributed by atoms with E-state index in [9.17, 15) is 19.7 Å². The van der Waals surface area contributed by atoms with Crippen LogP contribution in [0.15, 0.2) is 42.5 Å². The molecule has 124 valence electrons. The maximum Gasteiger partial charge on any atom is 0.339 e. The summed E-state index contributed by atoms with van der Waals surface area (Å²) in [4.78, 5) is 34.5. The Morgan fingerprint density at radius 3 is 2.29 bits per heavy atom. The number of hydrogen-bond donors (Lipinski definition) is 0. The van der Waals surface area contributed by atoms with E-state index < -0.39 is 22.7 Å². The van der Waals surface area contributed by atoms with E-state index in [0.717, 1.165) is 11.6 Å². The lowest BCUT2D eigenvalue weighted by atomic mass is 10.1. The van der Waals surface area contributed by atoms with Gasteiger partial charge in [-0.25, -0.2) is 4.79 Å². The molecule has 0 aliphatic heterocycles. The molecule has 1 atom stereocenters. The Morgan fingerprint density at radius 1 is 1.12 bits per heavy atom. The average molecular weight is 348 g/mol. The van der Waals surface area contributed by atoms with Gasteiger partial charge in [-0.2, -0.15) is 0 Å². The molecular weight excluding hydrogens is 334 g/mol. The van der Waals surface area contributed by atoms with E-state index in [4.69, 9.17) is 16.3 Å². The van der Waals surface area contributed by atoms with Gasteiger partial charge in [0.15, 0.2) is 6.10 Å². The van der Waals surface area contributed by atoms with Gasteiger partial charge in [0.25, 0.3) is 5.69 Å². The predicted molar refractivity (Wildman–Crippen MR) is 88.5 cm³/mol. The fraction of sp³-hybridized carbons (Fsp3) is 0.176. The summed E-state index contributed by atoms with van der Waals surface area (Å²) < 4.78 is 5.10. The SMILES string of the molecule is Cc1ccc(C(=O)C(C)OC(=O)c2ccc(Cl)c([N+](=O)[O-])c2)cc1. The van der Waals surface area contributed by atoms with Crippen LogP contribution in [0, 0.1) is 17.0 Å². The van der Waals surface area contributed by atoms with Crippen molar-refractivity contribution in [1.29, 1.82) is 0 Å². The quantitative estimate of drug-likeness (QED) is 0.353. The molecule has 2 aromatic carbocycles. The van der Waals surface area contributed by atoms with Crippen LogP contribution in [0.2, 0.25) is 5.02 Å². The first-order valence-electron chi connectivity index (χ1n) is 7.05. The number of nitrogens with zero attached hydrogens (tertiary/aromatic N) is 1. The van der Waals surface area contributed by atoms with Crippen molar-refractivity contribution in [1.82, 2.24) is 0 Å². The maximum atomic E-state index is 12.2. The first-order chi connectivity index (χ1) is 11.3. The van der Waals surface area contributed by atoms with Crippen molar-refractivity contribution in [3.63, 3.8) is 0 Å². The first kappa shape index (κ1) is 17.6. The summed E-state index contributed by atoms with van der Waals surface area (Å²) >= 11 is 5.70. The zero-order valence-corrected chi connectivity index (χ0v) is 13.7. The van der Waals surface area contributed by atoms with Crippen molar-refractivity contribution >= 4 is 29.0 Å². The Bertz CT molecular complexity index is 801. The third-order valence-electron chi connectivity index (χ3n) is 3.37. The number of hydrogen-bond acceptors (Lipinski definition) is 5. The summed E-state index contributed by atoms with van der Waals surface area (Å²) in [5.74, 6) is -1.19. The van der Waals surface area contributed by atoms with Crippen molar-refractivity contribution in [2.75, 3.05) is 0 Å². The van der Waals surface area contributed by atoms with Crippen LogP contribution in [0.5, 0.6) is 0 Å². The monoisotopic (exact) mass is 347 g/mol. The third kappa shape index (κ3) is 3.97. The molecular formula is C17H14ClNO5. The predicted octanol–water partition coefficient (Wildman–Crippen LogP) is 3.98. The van der Waals surface area contributed by atoms with Crippen LogP contribution in [0.4, 0.5) is 5.69 Å². The molecule has 0 radical (unpaired) electrons. The summed E-state index contributed by atoms with van der Waals surface area (Å²) in [5, 5.41) is 10.8. The lowest BCUT2D eigenvalue weighted by Gasteiger charge is -2.12. The van der Waals surface area contributed by atoms with Crippen LogP contribution in [-0.2, 0) is 4.74 Å². The van der Waals surface area contributed by atoms with Gasteiger partial charge >= 0.3 is 5.97 Å². The Balaban J connectivity index is 2.14. The minimum atomic E-state index is -1.02. The van der Waals surface area contributed by atoms with E-state index in [0.29, 0.717) is 5.56 Å². The smallest absolute Gasteiger partial charge is 0.339 e. The molecule has 24 heavy (non-hydrogen) atoms. The van der Waals surface area contributed by atoms with Crippen molar-refractivity contribution in [2.24, 2.45) is 0 Å². The highest BCUT2D eigenvalue weighted by molar-refractivity contribution is 6.32. The van der Waals surface area contributed by atoms with Crippen molar-refractivity contribution in [3.8, 4) is 0 Å². The number of carbonyl (C=O) groups is 2. The topological polar surface area (TPSA) is 86.5 Å². The number of esters is 1.